The van der Waals surface area contributed by atoms with E-state index in [0.717, 1.165) is 56.1 Å². The van der Waals surface area contributed by atoms with Gasteiger partial charge in [0.2, 0.25) is 0 Å². The molecule has 1 amide bonds. The molecule has 4 saturated carbocycles. The van der Waals surface area contributed by atoms with Gasteiger partial charge in [-0.3, -0.25) is 14.4 Å². The number of nitrogens with two attached hydrogens (primary N) is 2. The summed E-state index contributed by atoms with van der Waals surface area (Å²) in [7, 11) is 0. The number of fused-ring (bicyclic) bond motifs is 7. The largest absolute Gasteiger partial charge is 0.462 e. The smallest absolute Gasteiger partial charge is 0.302 e. The Balaban J connectivity index is 0.00000189. The van der Waals surface area contributed by atoms with E-state index in [1.165, 1.54) is 6.92 Å². The minimum atomic E-state index is -0.879. The highest BCUT2D eigenvalue weighted by atomic mass is 16.5. The third-order valence-corrected chi connectivity index (χ3v) is 12.5. The molecule has 5 aliphatic rings. The predicted octanol–water partition coefficient (Wildman–Crippen LogP) is 6.33. The molecule has 0 heterocycles. The highest BCUT2D eigenvalue weighted by Gasteiger charge is 2.67. The lowest BCUT2D eigenvalue weighted by Gasteiger charge is -2.68. The third kappa shape index (κ3) is 4.68. The Morgan fingerprint density at radius 2 is 1.54 bits per heavy atom. The van der Waals surface area contributed by atoms with Crippen molar-refractivity contribution in [3.05, 3.63) is 11.1 Å². The van der Waals surface area contributed by atoms with Gasteiger partial charge in [0.25, 0.3) is 5.91 Å². The minimum Gasteiger partial charge on any atom is -0.462 e. The molecule has 0 aromatic carbocycles. The van der Waals surface area contributed by atoms with E-state index in [0.29, 0.717) is 24.2 Å². The van der Waals surface area contributed by atoms with Crippen molar-refractivity contribution in [3.8, 4) is 0 Å². The van der Waals surface area contributed by atoms with Crippen molar-refractivity contribution in [2.24, 2.45) is 67.7 Å². The molecular weight excluding hydrogens is 514 g/mol. The topological polar surface area (TPSA) is 125 Å². The van der Waals surface area contributed by atoms with Crippen LogP contribution >= 0.6 is 0 Å². The second-order valence-corrected chi connectivity index (χ2v) is 14.9. The number of ketones is 1. The van der Waals surface area contributed by atoms with Crippen LogP contribution in [0.5, 0.6) is 0 Å². The Bertz CT molecular complexity index is 1150. The first-order chi connectivity index (χ1) is 19.1. The summed E-state index contributed by atoms with van der Waals surface area (Å²) in [6, 6.07) is 0. The van der Waals surface area contributed by atoms with E-state index in [2.05, 4.69) is 46.5 Å². The van der Waals surface area contributed by atoms with Gasteiger partial charge in [0.15, 0.2) is 11.7 Å². The van der Waals surface area contributed by atoms with Gasteiger partial charge in [-0.2, -0.15) is 4.99 Å². The van der Waals surface area contributed by atoms with Gasteiger partial charge in [-0.15, -0.1) is 0 Å². The first kappa shape index (κ1) is 31.7. The fourth-order valence-electron chi connectivity index (χ4n) is 11.2. The van der Waals surface area contributed by atoms with Gasteiger partial charge in [0, 0.05) is 18.8 Å². The van der Waals surface area contributed by atoms with E-state index in [1.54, 1.807) is 0 Å². The number of amides is 1. The number of guanidine groups is 1. The maximum Gasteiger partial charge on any atom is 0.302 e. The Hall–Kier alpha value is -2.18. The molecule has 0 spiro atoms. The van der Waals surface area contributed by atoms with E-state index in [4.69, 9.17) is 16.2 Å². The number of aliphatic imine (C=N–C) groups is 1. The monoisotopic (exact) mass is 569 g/mol. The van der Waals surface area contributed by atoms with Crippen LogP contribution in [0.2, 0.25) is 0 Å². The summed E-state index contributed by atoms with van der Waals surface area (Å²) >= 11 is 0. The molecule has 0 aromatic heterocycles. The highest BCUT2D eigenvalue weighted by molar-refractivity contribution is 6.08. The molecule has 7 nitrogen and oxygen atoms in total. The second-order valence-electron chi connectivity index (χ2n) is 14.9. The number of Topliss-reactive ketones (excluding diaryl/α,β-unsaturated/α-hetero) is 1. The van der Waals surface area contributed by atoms with Crippen LogP contribution in [0.15, 0.2) is 16.1 Å². The highest BCUT2D eigenvalue weighted by Crippen LogP contribution is 2.73. The van der Waals surface area contributed by atoms with E-state index < -0.39 is 5.41 Å². The van der Waals surface area contributed by atoms with Crippen molar-refractivity contribution in [2.45, 2.75) is 126 Å². The van der Waals surface area contributed by atoms with Crippen LogP contribution in [0.3, 0.4) is 0 Å². The van der Waals surface area contributed by atoms with Gasteiger partial charge < -0.3 is 16.2 Å². The summed E-state index contributed by atoms with van der Waals surface area (Å²) in [5.74, 6) is 1.13. The van der Waals surface area contributed by atoms with Crippen LogP contribution in [0.1, 0.15) is 120 Å². The summed E-state index contributed by atoms with van der Waals surface area (Å²) in [5.41, 5.74) is 12.6. The molecule has 0 saturated heterocycles. The number of carbonyl (C=O) groups is 3. The molecule has 5 rings (SSSR count). The number of hydrogen-bond donors (Lipinski definition) is 2. The molecule has 4 N–H and O–H groups in total. The van der Waals surface area contributed by atoms with Crippen LogP contribution in [-0.4, -0.2) is 29.7 Å². The predicted molar refractivity (Wildman–Crippen MR) is 163 cm³/mol. The van der Waals surface area contributed by atoms with Crippen LogP contribution < -0.4 is 11.5 Å². The average molecular weight is 570 g/mol. The summed E-state index contributed by atoms with van der Waals surface area (Å²) in [4.78, 5) is 43.0. The van der Waals surface area contributed by atoms with Crippen molar-refractivity contribution in [3.63, 3.8) is 0 Å². The molecule has 4 fully saturated rings. The molecular formula is C34H55N3O4. The van der Waals surface area contributed by atoms with Crippen molar-refractivity contribution >= 4 is 23.6 Å². The summed E-state index contributed by atoms with van der Waals surface area (Å²) in [5, 5.41) is 0. The number of hydrogen-bond acceptors (Lipinski definition) is 4. The zero-order valence-corrected chi connectivity index (χ0v) is 27.1. The van der Waals surface area contributed by atoms with Gasteiger partial charge in [0.1, 0.15) is 6.10 Å². The first-order valence-corrected chi connectivity index (χ1v) is 16.2. The minimum absolute atomic E-state index is 0.0335. The van der Waals surface area contributed by atoms with Gasteiger partial charge in [-0.1, -0.05) is 55.4 Å². The number of rotatable bonds is 3. The van der Waals surface area contributed by atoms with E-state index in [-0.39, 0.29) is 64.2 Å². The van der Waals surface area contributed by atoms with Crippen molar-refractivity contribution < 1.29 is 19.1 Å². The SMILES string of the molecule is CC.CC(=O)O[C@H]1CC[C@@]2(C)C(CC[C@@]3(C)C4CCC5(C(=O)N=C(N)N)CC(=O)C(C(C)C)=C5C4CCC32)C1(C)C. The fourth-order valence-corrected chi connectivity index (χ4v) is 11.2. The fraction of sp³-hybridized carbons (Fsp3) is 0.824. The van der Waals surface area contributed by atoms with Crippen LogP contribution in [0.4, 0.5) is 0 Å². The van der Waals surface area contributed by atoms with Gasteiger partial charge >= 0.3 is 5.97 Å². The maximum absolute atomic E-state index is 13.6. The van der Waals surface area contributed by atoms with E-state index >= 15 is 0 Å². The first-order valence-electron chi connectivity index (χ1n) is 16.2. The standard InChI is InChI=1S/C32H49N3O4.C2H6/c1-17(2)25-21(37)16-32(27(38)35-28(33)34)15-10-20-19(26(25)32)8-9-23-30(20,6)13-11-22-29(4,5)24(39-18(3)36)12-14-31(22,23)7;1-2/h17,19-20,22-24H,8-16H2,1-7H3,(H4,33,34,35,38);1-2H3/t19?,20?,22?,23?,24-,30-,31-,32?;/m0./s1. The van der Waals surface area contributed by atoms with Crippen molar-refractivity contribution in [1.82, 2.24) is 0 Å². The van der Waals surface area contributed by atoms with E-state index in [9.17, 15) is 14.4 Å². The lowest BCUT2D eigenvalue weighted by atomic mass is 9.36. The van der Waals surface area contributed by atoms with Crippen LogP contribution in [-0.2, 0) is 19.1 Å². The Labute approximate surface area is 247 Å². The van der Waals surface area contributed by atoms with Crippen LogP contribution in [0, 0.1) is 51.2 Å². The quantitative estimate of drug-likeness (QED) is 0.232. The second kappa shape index (κ2) is 10.8. The molecule has 7 heteroatoms. The molecule has 41 heavy (non-hydrogen) atoms. The zero-order chi connectivity index (χ0) is 30.7. The van der Waals surface area contributed by atoms with Gasteiger partial charge in [-0.05, 0) is 103 Å². The number of allylic oxidation sites excluding steroid dienone is 1. The zero-order valence-electron chi connectivity index (χ0n) is 27.1. The molecule has 5 unspecified atom stereocenters. The molecule has 0 radical (unpaired) electrons. The van der Waals surface area contributed by atoms with Crippen molar-refractivity contribution in [1.29, 1.82) is 0 Å². The molecule has 0 bridgehead atoms. The molecule has 230 valence electrons. The summed E-state index contributed by atoms with van der Waals surface area (Å²) in [6.45, 7) is 19.3. The number of esters is 1. The van der Waals surface area contributed by atoms with Crippen LogP contribution in [0.25, 0.3) is 0 Å². The Morgan fingerprint density at radius 1 is 0.902 bits per heavy atom. The molecule has 0 aliphatic heterocycles. The third-order valence-electron chi connectivity index (χ3n) is 12.5. The van der Waals surface area contributed by atoms with E-state index in [1.807, 2.05) is 13.8 Å². The van der Waals surface area contributed by atoms with Gasteiger partial charge in [0.05, 0.1) is 5.41 Å². The Kier molecular flexibility index (Phi) is 8.38. The number of carbonyl (C=O) groups excluding carboxylic acids is 3. The Morgan fingerprint density at radius 3 is 2.12 bits per heavy atom. The lowest BCUT2D eigenvalue weighted by Crippen LogP contribution is -2.63. The normalized spacial score (nSPS) is 40.7. The summed E-state index contributed by atoms with van der Waals surface area (Å²) in [6.07, 6.45) is 8.05. The maximum atomic E-state index is 13.6. The molecule has 5 aliphatic carbocycles. The van der Waals surface area contributed by atoms with Gasteiger partial charge in [-0.25, -0.2) is 0 Å². The molecule has 8 atom stereocenters. The lowest BCUT2D eigenvalue weighted by molar-refractivity contribution is -0.212. The number of ether oxygens (including phenoxy) is 1. The summed E-state index contributed by atoms with van der Waals surface area (Å²) < 4.78 is 5.86. The number of nitrogens with zero attached hydrogens (tertiary/aromatic N) is 1. The van der Waals surface area contributed by atoms with Crippen molar-refractivity contribution in [2.75, 3.05) is 0 Å². The molecule has 0 aromatic rings. The average Bonchev–Trinajstić information content (AvgIpc) is 3.20.